The van der Waals surface area contributed by atoms with Gasteiger partial charge in [0.15, 0.2) is 0 Å². The van der Waals surface area contributed by atoms with Crippen LogP contribution in [-0.2, 0) is 0 Å². The van der Waals surface area contributed by atoms with E-state index in [1.54, 1.807) is 17.4 Å². The third kappa shape index (κ3) is 2.89. The Morgan fingerprint density at radius 2 is 1.95 bits per heavy atom. The summed E-state index contributed by atoms with van der Waals surface area (Å²) in [5.41, 5.74) is 2.31. The monoisotopic (exact) mass is 363 g/mol. The molecule has 1 heterocycles. The predicted octanol–water partition coefficient (Wildman–Crippen LogP) is 5.50. The van der Waals surface area contributed by atoms with Crippen LogP contribution in [0.5, 0.6) is 0 Å². The Labute approximate surface area is 135 Å². The van der Waals surface area contributed by atoms with E-state index < -0.39 is 0 Å². The molecule has 4 heteroatoms. The third-order valence-corrected chi connectivity index (χ3v) is 5.07. The minimum Gasteiger partial charge on any atom is -0.306 e. The summed E-state index contributed by atoms with van der Waals surface area (Å²) in [7, 11) is 0. The maximum atomic E-state index is 14.0. The molecule has 1 N–H and O–H groups in total. The summed E-state index contributed by atoms with van der Waals surface area (Å²) in [5, 5.41) is 7.27. The maximum Gasteiger partial charge on any atom is 0.131 e. The molecule has 0 bridgehead atoms. The van der Waals surface area contributed by atoms with Crippen LogP contribution >= 0.6 is 27.3 Å². The van der Waals surface area contributed by atoms with Crippen molar-refractivity contribution in [3.05, 3.63) is 68.6 Å². The maximum absolute atomic E-state index is 14.0. The van der Waals surface area contributed by atoms with E-state index in [1.807, 2.05) is 30.3 Å². The van der Waals surface area contributed by atoms with Crippen LogP contribution in [0, 0.1) is 5.82 Å². The van der Waals surface area contributed by atoms with Crippen LogP contribution in [0.25, 0.3) is 10.8 Å². The molecule has 1 atom stereocenters. The first kappa shape index (κ1) is 14.7. The van der Waals surface area contributed by atoms with E-state index in [4.69, 9.17) is 0 Å². The van der Waals surface area contributed by atoms with Crippen molar-refractivity contribution < 1.29 is 4.39 Å². The fraction of sp³-hybridized carbons (Fsp3) is 0.176. The number of benzene rings is 2. The second-order valence-electron chi connectivity index (χ2n) is 4.86. The predicted molar refractivity (Wildman–Crippen MR) is 91.4 cm³/mol. The fourth-order valence-electron chi connectivity index (χ4n) is 2.62. The van der Waals surface area contributed by atoms with Gasteiger partial charge in [0.05, 0.1) is 9.83 Å². The Bertz CT molecular complexity index is 768. The van der Waals surface area contributed by atoms with Crippen molar-refractivity contribution in [2.45, 2.75) is 13.0 Å². The van der Waals surface area contributed by atoms with Gasteiger partial charge in [-0.05, 0) is 56.5 Å². The van der Waals surface area contributed by atoms with Crippen molar-refractivity contribution in [3.63, 3.8) is 0 Å². The molecule has 0 saturated carbocycles. The summed E-state index contributed by atoms with van der Waals surface area (Å²) < 4.78 is 15.1. The highest BCUT2D eigenvalue weighted by Gasteiger charge is 2.18. The van der Waals surface area contributed by atoms with Crippen LogP contribution in [0.1, 0.15) is 24.1 Å². The molecule has 108 valence electrons. The molecule has 0 spiro atoms. The molecular weight excluding hydrogens is 349 g/mol. The van der Waals surface area contributed by atoms with Crippen LogP contribution in [0.15, 0.2) is 51.6 Å². The minimum absolute atomic E-state index is 0.0723. The Morgan fingerprint density at radius 1 is 1.19 bits per heavy atom. The quantitative estimate of drug-likeness (QED) is 0.644. The standard InChI is InChI=1S/C17H15BrFNS/c1-2-20-17(11-9-16(18)21-10-11)14-7-8-15(19)13-6-4-3-5-12(13)14/h3-10,17,20H,2H2,1H3. The second-order valence-corrected chi connectivity index (χ2v) is 7.15. The molecule has 21 heavy (non-hydrogen) atoms. The number of hydrogen-bond donors (Lipinski definition) is 1. The van der Waals surface area contributed by atoms with Crippen molar-refractivity contribution in [2.75, 3.05) is 6.54 Å². The van der Waals surface area contributed by atoms with Crippen molar-refractivity contribution in [2.24, 2.45) is 0 Å². The van der Waals surface area contributed by atoms with Crippen molar-refractivity contribution in [1.29, 1.82) is 0 Å². The highest BCUT2D eigenvalue weighted by atomic mass is 79.9. The number of halogens is 2. The van der Waals surface area contributed by atoms with E-state index in [0.29, 0.717) is 5.39 Å². The van der Waals surface area contributed by atoms with Gasteiger partial charge in [0, 0.05) is 5.39 Å². The van der Waals surface area contributed by atoms with Gasteiger partial charge in [-0.15, -0.1) is 11.3 Å². The van der Waals surface area contributed by atoms with Gasteiger partial charge in [0.1, 0.15) is 5.82 Å². The third-order valence-electron chi connectivity index (χ3n) is 3.54. The summed E-state index contributed by atoms with van der Waals surface area (Å²) >= 11 is 5.18. The Hall–Kier alpha value is -1.23. The Morgan fingerprint density at radius 3 is 2.62 bits per heavy atom. The molecule has 1 aromatic heterocycles. The van der Waals surface area contributed by atoms with E-state index in [2.05, 4.69) is 39.6 Å². The number of hydrogen-bond acceptors (Lipinski definition) is 2. The largest absolute Gasteiger partial charge is 0.306 e. The lowest BCUT2D eigenvalue weighted by atomic mass is 9.95. The topological polar surface area (TPSA) is 12.0 Å². The van der Waals surface area contributed by atoms with E-state index >= 15 is 0 Å². The zero-order chi connectivity index (χ0) is 14.8. The average Bonchev–Trinajstić information content (AvgIpc) is 2.92. The van der Waals surface area contributed by atoms with Crippen molar-refractivity contribution in [3.8, 4) is 0 Å². The highest BCUT2D eigenvalue weighted by Crippen LogP contribution is 2.33. The first-order valence-electron chi connectivity index (χ1n) is 6.85. The van der Waals surface area contributed by atoms with Crippen molar-refractivity contribution >= 4 is 38.0 Å². The van der Waals surface area contributed by atoms with E-state index in [1.165, 1.54) is 5.56 Å². The molecule has 0 aliphatic heterocycles. The average molecular weight is 364 g/mol. The van der Waals surface area contributed by atoms with Crippen LogP contribution in [0.2, 0.25) is 0 Å². The Balaban J connectivity index is 2.18. The van der Waals surface area contributed by atoms with Gasteiger partial charge in [-0.3, -0.25) is 0 Å². The summed E-state index contributed by atoms with van der Waals surface area (Å²) in [4.78, 5) is 0. The van der Waals surface area contributed by atoms with Crippen LogP contribution < -0.4 is 5.32 Å². The van der Waals surface area contributed by atoms with Crippen LogP contribution in [0.4, 0.5) is 4.39 Å². The number of rotatable bonds is 4. The van der Waals surface area contributed by atoms with Crippen molar-refractivity contribution in [1.82, 2.24) is 5.32 Å². The van der Waals surface area contributed by atoms with Gasteiger partial charge < -0.3 is 5.32 Å². The molecule has 2 aromatic carbocycles. The van der Waals surface area contributed by atoms with Gasteiger partial charge in [0.2, 0.25) is 0 Å². The normalized spacial score (nSPS) is 12.7. The molecular formula is C17H15BrFNS. The molecule has 0 saturated heterocycles. The fourth-order valence-corrected chi connectivity index (χ4v) is 3.83. The first-order valence-corrected chi connectivity index (χ1v) is 8.52. The van der Waals surface area contributed by atoms with E-state index in [-0.39, 0.29) is 11.9 Å². The lowest BCUT2D eigenvalue weighted by molar-refractivity contribution is 0.625. The number of thiophene rings is 1. The first-order chi connectivity index (χ1) is 10.2. The number of nitrogens with one attached hydrogen (secondary N) is 1. The summed E-state index contributed by atoms with van der Waals surface area (Å²) in [6.45, 7) is 2.93. The van der Waals surface area contributed by atoms with E-state index in [0.717, 1.165) is 21.3 Å². The van der Waals surface area contributed by atoms with Gasteiger partial charge in [-0.2, -0.15) is 0 Å². The van der Waals surface area contributed by atoms with Gasteiger partial charge in [-0.1, -0.05) is 37.3 Å². The molecule has 3 rings (SSSR count). The van der Waals surface area contributed by atoms with E-state index in [9.17, 15) is 4.39 Å². The smallest absolute Gasteiger partial charge is 0.131 e. The van der Waals surface area contributed by atoms with Gasteiger partial charge in [-0.25, -0.2) is 4.39 Å². The SMILES string of the molecule is CCNC(c1csc(Br)c1)c1ccc(F)c2ccccc12. The molecule has 1 unspecified atom stereocenters. The molecule has 0 amide bonds. The zero-order valence-corrected chi connectivity index (χ0v) is 14.0. The molecule has 0 fully saturated rings. The lowest BCUT2D eigenvalue weighted by Gasteiger charge is -2.19. The number of fused-ring (bicyclic) bond motifs is 1. The summed E-state index contributed by atoms with van der Waals surface area (Å²) in [6.07, 6.45) is 0. The van der Waals surface area contributed by atoms with Crippen LogP contribution in [-0.4, -0.2) is 6.54 Å². The molecule has 0 aliphatic carbocycles. The summed E-state index contributed by atoms with van der Waals surface area (Å²) in [5.74, 6) is -0.170. The molecule has 0 radical (unpaired) electrons. The zero-order valence-electron chi connectivity index (χ0n) is 11.6. The van der Waals surface area contributed by atoms with Crippen LogP contribution in [0.3, 0.4) is 0 Å². The molecule has 1 nitrogen and oxygen atoms in total. The molecule has 0 aliphatic rings. The highest BCUT2D eigenvalue weighted by molar-refractivity contribution is 9.11. The minimum atomic E-state index is -0.170. The lowest BCUT2D eigenvalue weighted by Crippen LogP contribution is -2.21. The second kappa shape index (κ2) is 6.26. The molecule has 3 aromatic rings. The van der Waals surface area contributed by atoms with Gasteiger partial charge in [0.25, 0.3) is 0 Å². The Kier molecular flexibility index (Phi) is 4.38. The summed E-state index contributed by atoms with van der Waals surface area (Å²) in [6, 6.07) is 13.3. The van der Waals surface area contributed by atoms with Gasteiger partial charge >= 0.3 is 0 Å².